The molecule has 0 radical (unpaired) electrons. The van der Waals surface area contributed by atoms with E-state index >= 15 is 0 Å². The Kier molecular flexibility index (Phi) is 5.54. The topological polar surface area (TPSA) is 72.9 Å². The van der Waals surface area contributed by atoms with E-state index in [0.717, 1.165) is 12.1 Å². The normalized spacial score (nSPS) is 13.1. The summed E-state index contributed by atoms with van der Waals surface area (Å²) in [5.41, 5.74) is 7.21. The van der Waals surface area contributed by atoms with E-state index < -0.39 is 0 Å². The van der Waals surface area contributed by atoms with Crippen molar-refractivity contribution in [1.82, 2.24) is 15.1 Å². The third-order valence-electron chi connectivity index (χ3n) is 3.12. The summed E-state index contributed by atoms with van der Waals surface area (Å²) in [6.07, 6.45) is 0.881. The van der Waals surface area contributed by atoms with E-state index in [4.69, 9.17) is 5.73 Å². The van der Waals surface area contributed by atoms with Gasteiger partial charge in [-0.3, -0.25) is 9.48 Å². The standard InChI is InChI=1S/C14H26N4O/c1-9(2)6-11(8-15)16-14(19)12-7-13(10(3)4)18(5)17-12/h7,9-11H,6,8,15H2,1-5H3,(H,16,19). The molecule has 1 unspecified atom stereocenters. The van der Waals surface area contributed by atoms with E-state index in [1.54, 1.807) is 4.68 Å². The Balaban J connectivity index is 2.74. The fourth-order valence-electron chi connectivity index (χ4n) is 2.18. The van der Waals surface area contributed by atoms with Crippen LogP contribution in [0.3, 0.4) is 0 Å². The maximum Gasteiger partial charge on any atom is 0.272 e. The highest BCUT2D eigenvalue weighted by Crippen LogP contribution is 2.15. The molecule has 0 aromatic carbocycles. The molecule has 0 fully saturated rings. The maximum absolute atomic E-state index is 12.1. The average molecular weight is 266 g/mol. The first-order valence-electron chi connectivity index (χ1n) is 6.90. The van der Waals surface area contributed by atoms with Crippen molar-refractivity contribution in [2.24, 2.45) is 18.7 Å². The minimum absolute atomic E-state index is 0.0111. The van der Waals surface area contributed by atoms with E-state index in [2.05, 4.69) is 38.1 Å². The zero-order chi connectivity index (χ0) is 14.6. The van der Waals surface area contributed by atoms with Gasteiger partial charge in [0.25, 0.3) is 5.91 Å². The second kappa shape index (κ2) is 6.70. The van der Waals surface area contributed by atoms with Crippen molar-refractivity contribution in [3.8, 4) is 0 Å². The van der Waals surface area contributed by atoms with Crippen molar-refractivity contribution in [3.05, 3.63) is 17.5 Å². The highest BCUT2D eigenvalue weighted by Gasteiger charge is 2.18. The van der Waals surface area contributed by atoms with Crippen LogP contribution >= 0.6 is 0 Å². The average Bonchev–Trinajstić information content (AvgIpc) is 2.70. The quantitative estimate of drug-likeness (QED) is 0.822. The van der Waals surface area contributed by atoms with Gasteiger partial charge in [0, 0.05) is 25.3 Å². The van der Waals surface area contributed by atoms with Crippen LogP contribution in [0, 0.1) is 5.92 Å². The van der Waals surface area contributed by atoms with Crippen LogP contribution in [0.2, 0.25) is 0 Å². The van der Waals surface area contributed by atoms with Gasteiger partial charge in [-0.15, -0.1) is 0 Å². The Labute approximate surface area is 115 Å². The molecule has 0 saturated heterocycles. The number of hydrogen-bond donors (Lipinski definition) is 2. The lowest BCUT2D eigenvalue weighted by atomic mass is 10.0. The monoisotopic (exact) mass is 266 g/mol. The van der Waals surface area contributed by atoms with Gasteiger partial charge < -0.3 is 11.1 Å². The Bertz CT molecular complexity index is 423. The molecule has 0 saturated carbocycles. The highest BCUT2D eigenvalue weighted by molar-refractivity contribution is 5.92. The molecule has 0 bridgehead atoms. The molecule has 19 heavy (non-hydrogen) atoms. The fourth-order valence-corrected chi connectivity index (χ4v) is 2.18. The number of aryl methyl sites for hydroxylation is 1. The smallest absolute Gasteiger partial charge is 0.272 e. The molecule has 3 N–H and O–H groups in total. The van der Waals surface area contributed by atoms with Crippen LogP contribution in [0.1, 0.15) is 56.2 Å². The van der Waals surface area contributed by atoms with Gasteiger partial charge in [-0.05, 0) is 24.3 Å². The Morgan fingerprint density at radius 2 is 2.05 bits per heavy atom. The fraction of sp³-hybridized carbons (Fsp3) is 0.714. The van der Waals surface area contributed by atoms with Gasteiger partial charge in [0.05, 0.1) is 0 Å². The van der Waals surface area contributed by atoms with E-state index in [1.165, 1.54) is 0 Å². The van der Waals surface area contributed by atoms with Gasteiger partial charge in [0.2, 0.25) is 0 Å². The van der Waals surface area contributed by atoms with Crippen molar-refractivity contribution in [1.29, 1.82) is 0 Å². The molecular formula is C14H26N4O. The van der Waals surface area contributed by atoms with Crippen LogP contribution < -0.4 is 11.1 Å². The second-order valence-corrected chi connectivity index (χ2v) is 5.77. The molecule has 1 amide bonds. The molecule has 0 aliphatic heterocycles. The summed E-state index contributed by atoms with van der Waals surface area (Å²) in [6, 6.07) is 1.86. The zero-order valence-electron chi connectivity index (χ0n) is 12.6. The van der Waals surface area contributed by atoms with Crippen LogP contribution in [-0.4, -0.2) is 28.3 Å². The minimum atomic E-state index is -0.140. The van der Waals surface area contributed by atoms with Crippen molar-refractivity contribution in [2.45, 2.75) is 46.1 Å². The molecule has 1 aromatic heterocycles. The minimum Gasteiger partial charge on any atom is -0.347 e. The number of hydrogen-bond acceptors (Lipinski definition) is 3. The number of carbonyl (C=O) groups excluding carboxylic acids is 1. The third-order valence-corrected chi connectivity index (χ3v) is 3.12. The van der Waals surface area contributed by atoms with Gasteiger partial charge in [-0.2, -0.15) is 5.10 Å². The highest BCUT2D eigenvalue weighted by atomic mass is 16.2. The summed E-state index contributed by atoms with van der Waals surface area (Å²) in [7, 11) is 1.86. The van der Waals surface area contributed by atoms with Gasteiger partial charge in [0.15, 0.2) is 0 Å². The largest absolute Gasteiger partial charge is 0.347 e. The third kappa shape index (κ3) is 4.35. The lowest BCUT2D eigenvalue weighted by molar-refractivity contribution is 0.0928. The number of carbonyl (C=O) groups is 1. The number of aromatic nitrogens is 2. The molecule has 0 aliphatic carbocycles. The van der Waals surface area contributed by atoms with Gasteiger partial charge >= 0.3 is 0 Å². The summed E-state index contributed by atoms with van der Waals surface area (Å²) >= 11 is 0. The van der Waals surface area contributed by atoms with Gasteiger partial charge in [-0.1, -0.05) is 27.7 Å². The van der Waals surface area contributed by atoms with Gasteiger partial charge in [-0.25, -0.2) is 0 Å². The number of amides is 1. The molecule has 5 nitrogen and oxygen atoms in total. The zero-order valence-corrected chi connectivity index (χ0v) is 12.6. The summed E-state index contributed by atoms with van der Waals surface area (Å²) < 4.78 is 1.76. The summed E-state index contributed by atoms with van der Waals surface area (Å²) in [4.78, 5) is 12.1. The van der Waals surface area contributed by atoms with Crippen LogP contribution in [0.5, 0.6) is 0 Å². The molecule has 0 spiro atoms. The van der Waals surface area contributed by atoms with Crippen LogP contribution in [0.4, 0.5) is 0 Å². The van der Waals surface area contributed by atoms with Crippen molar-refractivity contribution < 1.29 is 4.79 Å². The first-order chi connectivity index (χ1) is 8.85. The molecule has 1 rings (SSSR count). The predicted molar refractivity (Wildman–Crippen MR) is 77.1 cm³/mol. The molecule has 1 atom stereocenters. The van der Waals surface area contributed by atoms with Crippen LogP contribution in [0.15, 0.2) is 6.07 Å². The molecule has 1 heterocycles. The van der Waals surface area contributed by atoms with Crippen LogP contribution in [-0.2, 0) is 7.05 Å². The summed E-state index contributed by atoms with van der Waals surface area (Å²) in [6.45, 7) is 8.85. The molecule has 5 heteroatoms. The van der Waals surface area contributed by atoms with Gasteiger partial charge in [0.1, 0.15) is 5.69 Å². The number of rotatable bonds is 6. The lowest BCUT2D eigenvalue weighted by Gasteiger charge is -2.17. The maximum atomic E-state index is 12.1. The lowest BCUT2D eigenvalue weighted by Crippen LogP contribution is -2.41. The van der Waals surface area contributed by atoms with E-state index in [-0.39, 0.29) is 11.9 Å². The van der Waals surface area contributed by atoms with Crippen molar-refractivity contribution >= 4 is 5.91 Å². The van der Waals surface area contributed by atoms with Crippen LogP contribution in [0.25, 0.3) is 0 Å². The SMILES string of the molecule is CC(C)CC(CN)NC(=O)c1cc(C(C)C)n(C)n1. The summed E-state index contributed by atoms with van der Waals surface area (Å²) in [5, 5.41) is 7.22. The van der Waals surface area contributed by atoms with Crippen molar-refractivity contribution in [2.75, 3.05) is 6.54 Å². The first-order valence-corrected chi connectivity index (χ1v) is 6.90. The molecular weight excluding hydrogens is 240 g/mol. The number of nitrogens with one attached hydrogen (secondary N) is 1. The Morgan fingerprint density at radius 3 is 2.47 bits per heavy atom. The van der Waals surface area contributed by atoms with E-state index in [1.807, 2.05) is 13.1 Å². The Morgan fingerprint density at radius 1 is 1.42 bits per heavy atom. The predicted octanol–water partition coefficient (Wildman–Crippen LogP) is 1.65. The molecule has 108 valence electrons. The number of nitrogens with zero attached hydrogens (tertiary/aromatic N) is 2. The first kappa shape index (κ1) is 15.7. The van der Waals surface area contributed by atoms with Crippen molar-refractivity contribution in [3.63, 3.8) is 0 Å². The van der Waals surface area contributed by atoms with E-state index in [9.17, 15) is 4.79 Å². The number of nitrogens with two attached hydrogens (primary N) is 1. The molecule has 1 aromatic rings. The Hall–Kier alpha value is -1.36. The summed E-state index contributed by atoms with van der Waals surface area (Å²) in [5.74, 6) is 0.711. The molecule has 0 aliphatic rings. The second-order valence-electron chi connectivity index (χ2n) is 5.77. The van der Waals surface area contributed by atoms with E-state index in [0.29, 0.717) is 24.1 Å².